The van der Waals surface area contributed by atoms with Crippen molar-refractivity contribution in [3.05, 3.63) is 54.1 Å². The Kier molecular flexibility index (Phi) is 4.72. The highest BCUT2D eigenvalue weighted by molar-refractivity contribution is 6.17. The number of rotatable bonds is 3. The van der Waals surface area contributed by atoms with E-state index < -0.39 is 11.9 Å². The van der Waals surface area contributed by atoms with Gasteiger partial charge in [-0.2, -0.15) is 5.48 Å². The average molecular weight is 283 g/mol. The van der Waals surface area contributed by atoms with Crippen LogP contribution < -0.4 is 5.48 Å². The second-order valence-electron chi connectivity index (χ2n) is 4.64. The van der Waals surface area contributed by atoms with E-state index in [0.29, 0.717) is 12.0 Å². The molecule has 0 heterocycles. The molecule has 2 aromatic carbocycles. The van der Waals surface area contributed by atoms with E-state index in [2.05, 4.69) is 5.48 Å². The summed E-state index contributed by atoms with van der Waals surface area (Å²) in [4.78, 5) is 27.7. The van der Waals surface area contributed by atoms with Gasteiger partial charge in [-0.3, -0.25) is 4.79 Å². The number of benzene rings is 2. The fraction of sp³-hybridized carbons (Fsp3) is 0.176. The summed E-state index contributed by atoms with van der Waals surface area (Å²) in [6.45, 7) is 3.22. The molecule has 4 nitrogen and oxygen atoms in total. The molecule has 21 heavy (non-hydrogen) atoms. The van der Waals surface area contributed by atoms with Crippen LogP contribution in [0.4, 0.5) is 0 Å². The van der Waals surface area contributed by atoms with Gasteiger partial charge in [-0.15, -0.1) is 0 Å². The summed E-state index contributed by atoms with van der Waals surface area (Å²) in [7, 11) is 0. The molecule has 1 N–H and O–H groups in total. The molecule has 0 bridgehead atoms. The first-order chi connectivity index (χ1) is 10.1. The van der Waals surface area contributed by atoms with Crippen LogP contribution in [0.2, 0.25) is 0 Å². The zero-order valence-corrected chi connectivity index (χ0v) is 12.1. The molecule has 0 saturated heterocycles. The molecule has 0 aromatic heterocycles. The Balaban J connectivity index is 2.34. The predicted octanol–water partition coefficient (Wildman–Crippen LogP) is 3.23. The molecule has 0 radical (unpaired) electrons. The first kappa shape index (κ1) is 14.8. The number of hydroxylamine groups is 1. The standard InChI is InChI=1S/C17H17NO3/c1-3-6-16(17(20)21-18-12(2)19)15-10-9-13-7-4-5-8-14(13)11-15/h4-11H,3H2,1-2H3,(H,18,19). The van der Waals surface area contributed by atoms with Crippen LogP contribution >= 0.6 is 0 Å². The van der Waals surface area contributed by atoms with Crippen LogP contribution in [-0.2, 0) is 14.4 Å². The van der Waals surface area contributed by atoms with Gasteiger partial charge in [0.1, 0.15) is 0 Å². The monoisotopic (exact) mass is 283 g/mol. The molecule has 0 fully saturated rings. The quantitative estimate of drug-likeness (QED) is 0.695. The van der Waals surface area contributed by atoms with E-state index in [1.807, 2.05) is 49.4 Å². The second-order valence-corrected chi connectivity index (χ2v) is 4.64. The molecule has 1 amide bonds. The lowest BCUT2D eigenvalue weighted by molar-refractivity contribution is -0.151. The molecular weight excluding hydrogens is 266 g/mol. The van der Waals surface area contributed by atoms with E-state index in [0.717, 1.165) is 16.3 Å². The SMILES string of the molecule is CCC=C(C(=O)ONC(C)=O)c1ccc2ccccc2c1. The van der Waals surface area contributed by atoms with Gasteiger partial charge < -0.3 is 4.84 Å². The Morgan fingerprint density at radius 2 is 1.86 bits per heavy atom. The van der Waals surface area contributed by atoms with Gasteiger partial charge in [-0.05, 0) is 28.8 Å². The van der Waals surface area contributed by atoms with Crippen LogP contribution in [-0.4, -0.2) is 11.9 Å². The summed E-state index contributed by atoms with van der Waals surface area (Å²) < 4.78 is 0. The summed E-state index contributed by atoms with van der Waals surface area (Å²) >= 11 is 0. The van der Waals surface area contributed by atoms with Gasteiger partial charge in [0.2, 0.25) is 5.91 Å². The molecule has 0 atom stereocenters. The van der Waals surface area contributed by atoms with Crippen molar-refractivity contribution in [2.45, 2.75) is 20.3 Å². The van der Waals surface area contributed by atoms with Gasteiger partial charge in [-0.1, -0.05) is 49.4 Å². The number of carbonyl (C=O) groups is 2. The third-order valence-electron chi connectivity index (χ3n) is 2.98. The van der Waals surface area contributed by atoms with Gasteiger partial charge >= 0.3 is 5.97 Å². The third kappa shape index (κ3) is 3.69. The van der Waals surface area contributed by atoms with E-state index >= 15 is 0 Å². The Bertz CT molecular complexity index is 704. The minimum absolute atomic E-state index is 0.419. The molecule has 0 aliphatic rings. The van der Waals surface area contributed by atoms with E-state index in [-0.39, 0.29) is 0 Å². The molecule has 0 aliphatic carbocycles. The number of allylic oxidation sites excluding steroid dienone is 1. The summed E-state index contributed by atoms with van der Waals surface area (Å²) in [6, 6.07) is 13.7. The Morgan fingerprint density at radius 3 is 2.52 bits per heavy atom. The fourth-order valence-corrected chi connectivity index (χ4v) is 2.05. The minimum Gasteiger partial charge on any atom is -0.335 e. The third-order valence-corrected chi connectivity index (χ3v) is 2.98. The van der Waals surface area contributed by atoms with Crippen LogP contribution in [0.25, 0.3) is 16.3 Å². The van der Waals surface area contributed by atoms with Gasteiger partial charge in [0, 0.05) is 6.92 Å². The lowest BCUT2D eigenvalue weighted by atomic mass is 10.0. The zero-order chi connectivity index (χ0) is 15.2. The van der Waals surface area contributed by atoms with Crippen molar-refractivity contribution in [3.63, 3.8) is 0 Å². The highest BCUT2D eigenvalue weighted by atomic mass is 16.7. The predicted molar refractivity (Wildman–Crippen MR) is 82.1 cm³/mol. The van der Waals surface area contributed by atoms with Crippen molar-refractivity contribution >= 4 is 28.2 Å². The summed E-state index contributed by atoms with van der Waals surface area (Å²) in [5, 5.41) is 2.15. The van der Waals surface area contributed by atoms with E-state index in [4.69, 9.17) is 4.84 Å². The van der Waals surface area contributed by atoms with Gasteiger partial charge in [0.15, 0.2) is 0 Å². The van der Waals surface area contributed by atoms with Crippen molar-refractivity contribution in [2.24, 2.45) is 0 Å². The number of hydrogen-bond acceptors (Lipinski definition) is 3. The number of fused-ring (bicyclic) bond motifs is 1. The van der Waals surface area contributed by atoms with Crippen molar-refractivity contribution in [1.82, 2.24) is 5.48 Å². The lowest BCUT2D eigenvalue weighted by Crippen LogP contribution is -2.25. The largest absolute Gasteiger partial charge is 0.363 e. The molecule has 2 rings (SSSR count). The number of hydrogen-bond donors (Lipinski definition) is 1. The van der Waals surface area contributed by atoms with E-state index in [1.54, 1.807) is 6.08 Å². The smallest absolute Gasteiger partial charge is 0.335 e. The van der Waals surface area contributed by atoms with E-state index in [1.165, 1.54) is 6.92 Å². The summed E-state index contributed by atoms with van der Waals surface area (Å²) in [5.74, 6) is -0.986. The summed E-state index contributed by atoms with van der Waals surface area (Å²) in [6.07, 6.45) is 2.48. The first-order valence-corrected chi connectivity index (χ1v) is 6.79. The topological polar surface area (TPSA) is 55.4 Å². The number of amides is 1. The second kappa shape index (κ2) is 6.70. The molecule has 0 aliphatic heterocycles. The Morgan fingerprint density at radius 1 is 1.14 bits per heavy atom. The number of carbonyl (C=O) groups excluding carboxylic acids is 2. The normalized spacial score (nSPS) is 11.2. The van der Waals surface area contributed by atoms with Crippen molar-refractivity contribution in [1.29, 1.82) is 0 Å². The van der Waals surface area contributed by atoms with Gasteiger partial charge in [0.25, 0.3) is 0 Å². The van der Waals surface area contributed by atoms with Gasteiger partial charge in [0.05, 0.1) is 5.57 Å². The maximum Gasteiger partial charge on any atom is 0.363 e. The first-order valence-electron chi connectivity index (χ1n) is 6.79. The van der Waals surface area contributed by atoms with Crippen LogP contribution in [0.15, 0.2) is 48.5 Å². The summed E-state index contributed by atoms with van der Waals surface area (Å²) in [5.41, 5.74) is 3.27. The molecule has 0 spiro atoms. The highest BCUT2D eigenvalue weighted by Crippen LogP contribution is 2.22. The van der Waals surface area contributed by atoms with Crippen molar-refractivity contribution in [3.8, 4) is 0 Å². The molecule has 0 unspecified atom stereocenters. The molecule has 0 saturated carbocycles. The van der Waals surface area contributed by atoms with Crippen molar-refractivity contribution in [2.75, 3.05) is 0 Å². The van der Waals surface area contributed by atoms with Crippen LogP contribution in [0.5, 0.6) is 0 Å². The van der Waals surface area contributed by atoms with Gasteiger partial charge in [-0.25, -0.2) is 4.79 Å². The average Bonchev–Trinajstić information content (AvgIpc) is 2.49. The van der Waals surface area contributed by atoms with Crippen LogP contribution in [0, 0.1) is 0 Å². The fourth-order valence-electron chi connectivity index (χ4n) is 2.05. The number of nitrogens with one attached hydrogen (secondary N) is 1. The Labute approximate surface area is 123 Å². The van der Waals surface area contributed by atoms with E-state index in [9.17, 15) is 9.59 Å². The maximum absolute atomic E-state index is 12.1. The van der Waals surface area contributed by atoms with Crippen LogP contribution in [0.3, 0.4) is 0 Å². The molecular formula is C17H17NO3. The zero-order valence-electron chi connectivity index (χ0n) is 12.1. The van der Waals surface area contributed by atoms with Crippen molar-refractivity contribution < 1.29 is 14.4 Å². The molecule has 2 aromatic rings. The maximum atomic E-state index is 12.1. The highest BCUT2D eigenvalue weighted by Gasteiger charge is 2.14. The Hall–Kier alpha value is -2.62. The minimum atomic E-state index is -0.567. The molecule has 108 valence electrons. The van der Waals surface area contributed by atoms with Crippen LogP contribution in [0.1, 0.15) is 25.8 Å². The lowest BCUT2D eigenvalue weighted by Gasteiger charge is -2.09. The molecule has 4 heteroatoms.